The van der Waals surface area contributed by atoms with Crippen molar-refractivity contribution in [1.29, 1.82) is 0 Å². The van der Waals surface area contributed by atoms with E-state index in [0.29, 0.717) is 5.47 Å². The summed E-state index contributed by atoms with van der Waals surface area (Å²) in [5.74, 6) is 0. The van der Waals surface area contributed by atoms with Crippen LogP contribution in [0.4, 0.5) is 0 Å². The average Bonchev–Trinajstić information content (AvgIpc) is 1.31. The van der Waals surface area contributed by atoms with Gasteiger partial charge in [0, 0.05) is 5.54 Å². The summed E-state index contributed by atoms with van der Waals surface area (Å²) in [5.41, 5.74) is -0.00694. The van der Waals surface area contributed by atoms with Gasteiger partial charge in [0.05, 0.1) is 0 Å². The second-order valence-corrected chi connectivity index (χ2v) is 2.27. The highest BCUT2D eigenvalue weighted by atomic mass is 16.5. The zero-order valence-electron chi connectivity index (χ0n) is 5.39. The third-order valence-corrected chi connectivity index (χ3v) is 0.300. The molecule has 6 heavy (non-hydrogen) atoms. The first-order valence-corrected chi connectivity index (χ1v) is 1.92. The van der Waals surface area contributed by atoms with E-state index in [1.165, 1.54) is 0 Å². The van der Waals surface area contributed by atoms with E-state index in [4.69, 9.17) is 6.62 Å². The number of hydrogen-bond donors (Lipinski definition) is 2. The maximum absolute atomic E-state index is 8.39. The molecular weight excluding hydrogens is 78.0 g/mol. The Morgan fingerprint density at radius 3 is 1.83 bits per heavy atom. The van der Waals surface area contributed by atoms with Gasteiger partial charge in [-0.15, -0.1) is 0 Å². The highest BCUT2D eigenvalue weighted by Crippen LogP contribution is 1.93. The Kier molecular flexibility index (Phi) is 1.08. The van der Waals surface area contributed by atoms with Crippen molar-refractivity contribution in [1.82, 2.24) is 5.47 Å². The molecular formula is C4H11NO. The molecule has 0 heterocycles. The Morgan fingerprint density at radius 1 is 1.67 bits per heavy atom. The minimum absolute atomic E-state index is 0.438. The van der Waals surface area contributed by atoms with Gasteiger partial charge in [0.2, 0.25) is 0 Å². The standard InChI is InChI=1S/C4H11NO/c1-4(2,3)5-6/h5-6H,1-3H3/i/hT. The summed E-state index contributed by atoms with van der Waals surface area (Å²) in [7, 11) is 0. The molecule has 0 bridgehead atoms. The Balaban J connectivity index is 3.54. The monoisotopic (exact) mass is 91.1 g/mol. The zero-order valence-corrected chi connectivity index (χ0v) is 4.39. The molecule has 0 amide bonds. The zero-order chi connectivity index (χ0) is 6.08. The van der Waals surface area contributed by atoms with E-state index >= 15 is 0 Å². The van der Waals surface area contributed by atoms with Crippen molar-refractivity contribution < 1.29 is 6.62 Å². The lowest BCUT2D eigenvalue weighted by Gasteiger charge is -2.13. The van der Waals surface area contributed by atoms with Crippen molar-refractivity contribution in [3.63, 3.8) is 0 Å². The van der Waals surface area contributed by atoms with E-state index in [1.54, 1.807) is 20.8 Å². The minimum atomic E-state index is -0.444. The molecule has 2 heteroatoms. The van der Waals surface area contributed by atoms with E-state index in [2.05, 4.69) is 0 Å². The molecule has 0 aliphatic rings. The number of hydrogen-bond acceptors (Lipinski definition) is 2. The number of rotatable bonds is 0. The molecule has 0 spiro atoms. The maximum atomic E-state index is 8.39. The van der Waals surface area contributed by atoms with Crippen molar-refractivity contribution in [3.05, 3.63) is 0 Å². The van der Waals surface area contributed by atoms with Crippen molar-refractivity contribution >= 4 is 0 Å². The van der Waals surface area contributed by atoms with Crippen molar-refractivity contribution in [3.8, 4) is 0 Å². The van der Waals surface area contributed by atoms with Crippen LogP contribution in [0.2, 0.25) is 1.41 Å². The molecule has 0 aliphatic carbocycles. The Bertz CT molecular complexity index is 57.2. The SMILES string of the molecule is [3H]N(O)C(C)(C)C. The number of nitrogens with one attached hydrogen (secondary N) is 1. The van der Waals surface area contributed by atoms with Gasteiger partial charge in [0.1, 0.15) is 0 Å². The molecule has 0 radical (unpaired) electrons. The van der Waals surface area contributed by atoms with Gasteiger partial charge in [-0.25, -0.2) is 5.47 Å². The molecule has 0 saturated heterocycles. The lowest BCUT2D eigenvalue weighted by atomic mass is 10.1. The van der Waals surface area contributed by atoms with E-state index < -0.39 is 5.54 Å². The summed E-state index contributed by atoms with van der Waals surface area (Å²) in [6.07, 6.45) is 0. The maximum Gasteiger partial charge on any atom is 0.155 e. The van der Waals surface area contributed by atoms with Gasteiger partial charge in [-0.2, -0.15) is 0 Å². The molecule has 0 unspecified atom stereocenters. The summed E-state index contributed by atoms with van der Waals surface area (Å²) in [6.45, 7) is 5.25. The first kappa shape index (κ1) is 4.09. The molecule has 0 fully saturated rings. The van der Waals surface area contributed by atoms with Crippen LogP contribution in [-0.2, 0) is 0 Å². The third-order valence-electron chi connectivity index (χ3n) is 0.300. The Hall–Kier alpha value is -0.0800. The fourth-order valence-electron chi connectivity index (χ4n) is 0. The van der Waals surface area contributed by atoms with Crippen molar-refractivity contribution in [2.75, 3.05) is 0 Å². The molecule has 0 saturated carbocycles. The largest absolute Gasteiger partial charge is 0.316 e. The molecule has 38 valence electrons. The average molecular weight is 91.1 g/mol. The van der Waals surface area contributed by atoms with Crippen molar-refractivity contribution in [2.24, 2.45) is 0 Å². The van der Waals surface area contributed by atoms with E-state index in [-0.39, 0.29) is 0 Å². The lowest BCUT2D eigenvalue weighted by Crippen LogP contribution is -2.32. The summed E-state index contributed by atoms with van der Waals surface area (Å²) >= 11 is 0. The highest BCUT2D eigenvalue weighted by Gasteiger charge is 2.03. The Labute approximate surface area is 39.6 Å². The van der Waals surface area contributed by atoms with Gasteiger partial charge >= 0.3 is 0 Å². The molecule has 0 aromatic rings. The van der Waals surface area contributed by atoms with Gasteiger partial charge in [-0.05, 0) is 20.8 Å². The Morgan fingerprint density at radius 2 is 1.83 bits per heavy atom. The van der Waals surface area contributed by atoms with E-state index in [9.17, 15) is 0 Å². The normalized spacial score (nSPS) is 15.2. The second-order valence-electron chi connectivity index (χ2n) is 2.27. The van der Waals surface area contributed by atoms with Crippen LogP contribution in [0.1, 0.15) is 20.8 Å². The van der Waals surface area contributed by atoms with Crippen LogP contribution in [0.3, 0.4) is 0 Å². The summed E-state index contributed by atoms with van der Waals surface area (Å²) in [4.78, 5) is 0. The van der Waals surface area contributed by atoms with Crippen LogP contribution in [0.5, 0.6) is 0 Å². The van der Waals surface area contributed by atoms with Gasteiger partial charge in [-0.3, -0.25) is 0 Å². The smallest absolute Gasteiger partial charge is 0.155 e. The summed E-state index contributed by atoms with van der Waals surface area (Å²) in [6, 6.07) is 0. The first-order chi connectivity index (χ1) is 2.94. The van der Waals surface area contributed by atoms with E-state index in [1.807, 2.05) is 0 Å². The predicted octanol–water partition coefficient (Wildman–Crippen LogP) is 0.764. The van der Waals surface area contributed by atoms with Crippen molar-refractivity contribution in [2.45, 2.75) is 26.3 Å². The van der Waals surface area contributed by atoms with Gasteiger partial charge in [0.25, 0.3) is 0 Å². The fraction of sp³-hybridized carbons (Fsp3) is 1.00. The van der Waals surface area contributed by atoms with Crippen LogP contribution in [0.25, 0.3) is 0 Å². The highest BCUT2D eigenvalue weighted by molar-refractivity contribution is 4.61. The van der Waals surface area contributed by atoms with Gasteiger partial charge < -0.3 is 5.21 Å². The summed E-state index contributed by atoms with van der Waals surface area (Å²) < 4.78 is 6.62. The molecule has 2 N–H and O–H groups in total. The number of hydroxylamine groups is 1. The topological polar surface area (TPSA) is 32.3 Å². The first-order valence-electron chi connectivity index (χ1n) is 2.37. The molecule has 0 aromatic carbocycles. The van der Waals surface area contributed by atoms with Crippen LogP contribution in [-0.4, -0.2) is 10.7 Å². The van der Waals surface area contributed by atoms with Gasteiger partial charge in [-0.1, -0.05) is 0 Å². The van der Waals surface area contributed by atoms with Crippen LogP contribution in [0.15, 0.2) is 0 Å². The van der Waals surface area contributed by atoms with Gasteiger partial charge in [0.15, 0.2) is 1.41 Å². The molecule has 0 aliphatic heterocycles. The van der Waals surface area contributed by atoms with Crippen LogP contribution in [0, 0.1) is 0 Å². The quantitative estimate of drug-likeness (QED) is 0.431. The molecule has 0 atom stereocenters. The van der Waals surface area contributed by atoms with Crippen LogP contribution >= 0.6 is 0 Å². The second kappa shape index (κ2) is 1.58. The minimum Gasteiger partial charge on any atom is -0.316 e. The van der Waals surface area contributed by atoms with E-state index in [0.717, 1.165) is 0 Å². The summed E-state index contributed by atoms with van der Waals surface area (Å²) in [5, 5.41) is 8.39. The lowest BCUT2D eigenvalue weighted by molar-refractivity contribution is 0.0918. The fourth-order valence-corrected chi connectivity index (χ4v) is 0. The molecule has 0 aromatic heterocycles. The van der Waals surface area contributed by atoms with Crippen LogP contribution < -0.4 is 5.47 Å². The predicted molar refractivity (Wildman–Crippen MR) is 24.7 cm³/mol. The molecule has 2 nitrogen and oxygen atoms in total. The third kappa shape index (κ3) is 3.92. The molecule has 0 rings (SSSR count).